The summed E-state index contributed by atoms with van der Waals surface area (Å²) in [6, 6.07) is 7.03. The van der Waals surface area contributed by atoms with Crippen molar-refractivity contribution in [3.63, 3.8) is 0 Å². The third kappa shape index (κ3) is 2.69. The van der Waals surface area contributed by atoms with E-state index in [1.165, 1.54) is 31.5 Å². The van der Waals surface area contributed by atoms with Crippen LogP contribution in [0.2, 0.25) is 0 Å². The molecule has 2 aliphatic heterocycles. The van der Waals surface area contributed by atoms with Crippen LogP contribution in [0.25, 0.3) is 0 Å². The molecular formula is C15H22N2O2. The molecule has 1 aromatic carbocycles. The maximum Gasteiger partial charge on any atom is 0.231 e. The number of nitrogens with one attached hydrogen (secondary N) is 1. The van der Waals surface area contributed by atoms with Crippen LogP contribution in [0.4, 0.5) is 0 Å². The highest BCUT2D eigenvalue weighted by atomic mass is 16.7. The Kier molecular flexibility index (Phi) is 3.62. The van der Waals surface area contributed by atoms with Gasteiger partial charge in [0, 0.05) is 17.6 Å². The first-order chi connectivity index (χ1) is 9.24. The number of benzene rings is 1. The van der Waals surface area contributed by atoms with Gasteiger partial charge in [-0.25, -0.2) is 0 Å². The van der Waals surface area contributed by atoms with Crippen molar-refractivity contribution in [2.75, 3.05) is 26.9 Å². The van der Waals surface area contributed by atoms with Gasteiger partial charge in [-0.3, -0.25) is 0 Å². The van der Waals surface area contributed by atoms with Crippen LogP contribution in [0.3, 0.4) is 0 Å². The average Bonchev–Trinajstić information content (AvgIpc) is 2.89. The lowest BCUT2D eigenvalue weighted by Gasteiger charge is -2.32. The highest BCUT2D eigenvalue weighted by Gasteiger charge is 2.23. The normalized spacial score (nSPS) is 21.6. The van der Waals surface area contributed by atoms with Gasteiger partial charge in [0.15, 0.2) is 11.5 Å². The van der Waals surface area contributed by atoms with Gasteiger partial charge in [0.2, 0.25) is 6.79 Å². The summed E-state index contributed by atoms with van der Waals surface area (Å²) >= 11 is 0. The van der Waals surface area contributed by atoms with Crippen LogP contribution in [-0.2, 0) is 0 Å². The molecule has 1 N–H and O–H groups in total. The first-order valence-electron chi connectivity index (χ1n) is 7.07. The molecule has 104 valence electrons. The zero-order valence-electron chi connectivity index (χ0n) is 11.7. The molecule has 2 aliphatic rings. The number of hydrogen-bond donors (Lipinski definition) is 1. The summed E-state index contributed by atoms with van der Waals surface area (Å²) in [5.74, 6) is 1.78. The Labute approximate surface area is 114 Å². The predicted molar refractivity (Wildman–Crippen MR) is 74.6 cm³/mol. The van der Waals surface area contributed by atoms with Crippen LogP contribution in [0.15, 0.2) is 18.2 Å². The Hall–Kier alpha value is -1.26. The molecule has 1 saturated heterocycles. The lowest BCUT2D eigenvalue weighted by atomic mass is 10.0. The molecule has 2 heterocycles. The summed E-state index contributed by atoms with van der Waals surface area (Å²) < 4.78 is 11.0. The molecule has 19 heavy (non-hydrogen) atoms. The lowest BCUT2D eigenvalue weighted by Crippen LogP contribution is -2.41. The van der Waals surface area contributed by atoms with Crippen molar-refractivity contribution in [2.24, 2.45) is 0 Å². The van der Waals surface area contributed by atoms with Gasteiger partial charge in [-0.2, -0.15) is 0 Å². The summed E-state index contributed by atoms with van der Waals surface area (Å²) in [6.07, 6.45) is 2.43. The van der Waals surface area contributed by atoms with Gasteiger partial charge in [0.05, 0.1) is 0 Å². The van der Waals surface area contributed by atoms with Crippen molar-refractivity contribution in [1.29, 1.82) is 0 Å². The Morgan fingerprint density at radius 1 is 1.26 bits per heavy atom. The molecule has 4 nitrogen and oxygen atoms in total. The summed E-state index contributed by atoms with van der Waals surface area (Å²) in [5, 5.41) is 3.72. The fraction of sp³-hybridized carbons (Fsp3) is 0.600. The molecule has 1 aromatic rings. The minimum Gasteiger partial charge on any atom is -0.454 e. The van der Waals surface area contributed by atoms with Crippen LogP contribution in [-0.4, -0.2) is 37.9 Å². The summed E-state index contributed by atoms with van der Waals surface area (Å²) in [5.41, 5.74) is 1.20. The largest absolute Gasteiger partial charge is 0.454 e. The Balaban J connectivity index is 1.67. The standard InChI is InChI=1S/C15H22N2O2/c1-11(16-12-6-8-17(2)9-7-12)13-4-3-5-14-15(13)19-10-18-14/h3-5,11-12,16H,6-10H2,1-2H3. The van der Waals surface area contributed by atoms with E-state index in [9.17, 15) is 0 Å². The van der Waals surface area contributed by atoms with E-state index in [-0.39, 0.29) is 0 Å². The number of para-hydroxylation sites is 1. The zero-order valence-corrected chi connectivity index (χ0v) is 11.7. The number of rotatable bonds is 3. The molecule has 0 aliphatic carbocycles. The molecule has 1 fully saturated rings. The second-order valence-corrected chi connectivity index (χ2v) is 5.55. The Morgan fingerprint density at radius 3 is 2.84 bits per heavy atom. The maximum atomic E-state index is 5.59. The predicted octanol–water partition coefficient (Wildman–Crippen LogP) is 2.16. The van der Waals surface area contributed by atoms with Crippen LogP contribution >= 0.6 is 0 Å². The van der Waals surface area contributed by atoms with Crippen molar-refractivity contribution in [2.45, 2.75) is 31.8 Å². The second kappa shape index (κ2) is 5.39. The maximum absolute atomic E-state index is 5.59. The molecule has 0 saturated carbocycles. The number of nitrogens with zero attached hydrogens (tertiary/aromatic N) is 1. The first kappa shape index (κ1) is 12.8. The molecule has 0 aromatic heterocycles. The van der Waals surface area contributed by atoms with Crippen molar-refractivity contribution < 1.29 is 9.47 Å². The Morgan fingerprint density at radius 2 is 2.05 bits per heavy atom. The van der Waals surface area contributed by atoms with Gasteiger partial charge < -0.3 is 19.7 Å². The van der Waals surface area contributed by atoms with E-state index >= 15 is 0 Å². The van der Waals surface area contributed by atoms with Gasteiger partial charge in [-0.1, -0.05) is 12.1 Å². The minimum absolute atomic E-state index is 0.296. The van der Waals surface area contributed by atoms with Gasteiger partial charge >= 0.3 is 0 Å². The fourth-order valence-electron chi connectivity index (χ4n) is 2.91. The van der Waals surface area contributed by atoms with E-state index < -0.39 is 0 Å². The molecule has 1 unspecified atom stereocenters. The fourth-order valence-corrected chi connectivity index (χ4v) is 2.91. The van der Waals surface area contributed by atoms with Crippen molar-refractivity contribution >= 4 is 0 Å². The lowest BCUT2D eigenvalue weighted by molar-refractivity contribution is 0.172. The number of fused-ring (bicyclic) bond motifs is 1. The first-order valence-corrected chi connectivity index (χ1v) is 7.07. The third-order valence-corrected chi connectivity index (χ3v) is 4.10. The highest BCUT2D eigenvalue weighted by Crippen LogP contribution is 2.38. The van der Waals surface area contributed by atoms with Crippen molar-refractivity contribution in [3.05, 3.63) is 23.8 Å². The van der Waals surface area contributed by atoms with E-state index in [4.69, 9.17) is 9.47 Å². The summed E-state index contributed by atoms with van der Waals surface area (Å²) in [7, 11) is 2.19. The summed E-state index contributed by atoms with van der Waals surface area (Å²) in [6.45, 7) is 4.90. The van der Waals surface area contributed by atoms with Crippen molar-refractivity contribution in [3.8, 4) is 11.5 Å². The van der Waals surface area contributed by atoms with Crippen LogP contribution < -0.4 is 14.8 Å². The highest BCUT2D eigenvalue weighted by molar-refractivity contribution is 5.49. The zero-order chi connectivity index (χ0) is 13.2. The van der Waals surface area contributed by atoms with Crippen LogP contribution in [0, 0.1) is 0 Å². The second-order valence-electron chi connectivity index (χ2n) is 5.55. The molecule has 3 rings (SSSR count). The quantitative estimate of drug-likeness (QED) is 0.905. The smallest absolute Gasteiger partial charge is 0.231 e. The van der Waals surface area contributed by atoms with Crippen LogP contribution in [0.1, 0.15) is 31.4 Å². The van der Waals surface area contributed by atoms with Gasteiger partial charge in [0.1, 0.15) is 0 Å². The number of piperidine rings is 1. The monoisotopic (exact) mass is 262 g/mol. The van der Waals surface area contributed by atoms with E-state index in [0.717, 1.165) is 11.5 Å². The topological polar surface area (TPSA) is 33.7 Å². The molecule has 0 spiro atoms. The molecule has 4 heteroatoms. The van der Waals surface area contributed by atoms with Gasteiger partial charge in [-0.15, -0.1) is 0 Å². The van der Waals surface area contributed by atoms with Gasteiger partial charge in [-0.05, 0) is 46.0 Å². The van der Waals surface area contributed by atoms with E-state index in [1.54, 1.807) is 0 Å². The Bertz CT molecular complexity index is 442. The minimum atomic E-state index is 0.296. The van der Waals surface area contributed by atoms with E-state index in [0.29, 0.717) is 18.9 Å². The van der Waals surface area contributed by atoms with E-state index in [1.807, 2.05) is 12.1 Å². The van der Waals surface area contributed by atoms with E-state index in [2.05, 4.69) is 30.3 Å². The molecule has 1 atom stereocenters. The summed E-state index contributed by atoms with van der Waals surface area (Å²) in [4.78, 5) is 2.39. The van der Waals surface area contributed by atoms with Crippen molar-refractivity contribution in [1.82, 2.24) is 10.2 Å². The molecule has 0 radical (unpaired) electrons. The molecular weight excluding hydrogens is 240 g/mol. The number of likely N-dealkylation sites (tertiary alicyclic amines) is 1. The van der Waals surface area contributed by atoms with Gasteiger partial charge in [0.25, 0.3) is 0 Å². The number of ether oxygens (including phenoxy) is 2. The molecule has 0 amide bonds. The number of hydrogen-bond acceptors (Lipinski definition) is 4. The third-order valence-electron chi connectivity index (χ3n) is 4.10. The SMILES string of the molecule is CC(NC1CCN(C)CC1)c1cccc2c1OCO2. The average molecular weight is 262 g/mol. The van der Waals surface area contributed by atoms with Crippen LogP contribution in [0.5, 0.6) is 11.5 Å². The molecule has 0 bridgehead atoms.